The molecular formula is C22H18ClFN2O5S. The van der Waals surface area contributed by atoms with Crippen molar-refractivity contribution in [3.05, 3.63) is 94.8 Å². The van der Waals surface area contributed by atoms with Gasteiger partial charge in [0.2, 0.25) is 10.0 Å². The maximum Gasteiger partial charge on any atom is 0.338 e. The van der Waals surface area contributed by atoms with Crippen LogP contribution in [0.2, 0.25) is 5.02 Å². The summed E-state index contributed by atoms with van der Waals surface area (Å²) in [6.45, 7) is -0.658. The van der Waals surface area contributed by atoms with E-state index < -0.39 is 34.3 Å². The number of nitrogens with one attached hydrogen (secondary N) is 2. The van der Waals surface area contributed by atoms with Crippen LogP contribution in [0, 0.1) is 5.82 Å². The molecule has 0 aromatic heterocycles. The molecule has 2 N–H and O–H groups in total. The number of halogens is 2. The number of carbonyl (C=O) groups is 2. The normalized spacial score (nSPS) is 11.1. The van der Waals surface area contributed by atoms with Gasteiger partial charge < -0.3 is 10.1 Å². The Balaban J connectivity index is 1.65. The minimum atomic E-state index is -4.03. The number of esters is 1. The third-order valence-corrected chi connectivity index (χ3v) is 6.13. The zero-order chi connectivity index (χ0) is 23.1. The molecule has 1 amide bonds. The van der Waals surface area contributed by atoms with E-state index in [1.54, 1.807) is 30.3 Å². The molecule has 0 fully saturated rings. The van der Waals surface area contributed by atoms with Crippen LogP contribution < -0.4 is 10.0 Å². The van der Waals surface area contributed by atoms with Gasteiger partial charge in [-0.15, -0.1) is 0 Å². The lowest BCUT2D eigenvalue weighted by Gasteiger charge is -2.11. The molecule has 0 saturated carbocycles. The van der Waals surface area contributed by atoms with Crippen LogP contribution in [-0.4, -0.2) is 26.9 Å². The summed E-state index contributed by atoms with van der Waals surface area (Å²) >= 11 is 6.03. The molecule has 0 aliphatic heterocycles. The predicted octanol–water partition coefficient (Wildman–Crippen LogP) is 3.75. The fourth-order valence-corrected chi connectivity index (χ4v) is 4.19. The molecule has 3 aromatic carbocycles. The average molecular weight is 477 g/mol. The van der Waals surface area contributed by atoms with Crippen molar-refractivity contribution in [2.45, 2.75) is 11.4 Å². The summed E-state index contributed by atoms with van der Waals surface area (Å²) in [5.41, 5.74) is 0.565. The maximum atomic E-state index is 13.6. The first-order chi connectivity index (χ1) is 15.3. The van der Waals surface area contributed by atoms with E-state index in [0.717, 1.165) is 11.6 Å². The van der Waals surface area contributed by atoms with E-state index in [0.29, 0.717) is 0 Å². The van der Waals surface area contributed by atoms with Gasteiger partial charge in [0.1, 0.15) is 10.7 Å². The molecule has 3 aromatic rings. The zero-order valence-corrected chi connectivity index (χ0v) is 18.1. The lowest BCUT2D eigenvalue weighted by atomic mass is 10.2. The third kappa shape index (κ3) is 6.13. The van der Waals surface area contributed by atoms with Crippen molar-refractivity contribution in [1.82, 2.24) is 4.72 Å². The highest BCUT2D eigenvalue weighted by molar-refractivity contribution is 7.89. The smallest absolute Gasteiger partial charge is 0.338 e. The van der Waals surface area contributed by atoms with Crippen molar-refractivity contribution in [3.8, 4) is 0 Å². The molecule has 0 spiro atoms. The molecule has 32 heavy (non-hydrogen) atoms. The van der Waals surface area contributed by atoms with Gasteiger partial charge in [0.15, 0.2) is 6.61 Å². The number of rotatable bonds is 8. The van der Waals surface area contributed by atoms with E-state index in [9.17, 15) is 22.4 Å². The Morgan fingerprint density at radius 3 is 2.38 bits per heavy atom. The predicted molar refractivity (Wildman–Crippen MR) is 117 cm³/mol. The first-order valence-electron chi connectivity index (χ1n) is 9.31. The van der Waals surface area contributed by atoms with Crippen LogP contribution in [0.15, 0.2) is 77.7 Å². The summed E-state index contributed by atoms with van der Waals surface area (Å²) in [4.78, 5) is 23.9. The van der Waals surface area contributed by atoms with Crippen LogP contribution >= 0.6 is 11.6 Å². The fourth-order valence-electron chi connectivity index (χ4n) is 2.65. The van der Waals surface area contributed by atoms with Gasteiger partial charge in [-0.3, -0.25) is 4.79 Å². The van der Waals surface area contributed by atoms with Crippen LogP contribution in [-0.2, 0) is 26.1 Å². The number of carbonyl (C=O) groups excluding carboxylic acids is 2. The molecule has 0 bridgehead atoms. The second kappa shape index (κ2) is 10.4. The molecule has 7 nitrogen and oxygen atoms in total. The van der Waals surface area contributed by atoms with Gasteiger partial charge in [-0.1, -0.05) is 54.1 Å². The summed E-state index contributed by atoms with van der Waals surface area (Å²) in [6.07, 6.45) is 0. The van der Waals surface area contributed by atoms with E-state index in [2.05, 4.69) is 10.0 Å². The maximum absolute atomic E-state index is 13.6. The molecule has 0 atom stereocenters. The molecular weight excluding hydrogens is 459 g/mol. The van der Waals surface area contributed by atoms with Gasteiger partial charge in [-0.2, -0.15) is 0 Å². The molecule has 0 heterocycles. The standard InChI is InChI=1S/C22H18ClFN2O5S/c23-17-11-10-16(12-20(17)32(29,30)25-13-15-6-2-1-3-7-15)22(28)31-14-21(27)26-19-9-5-4-8-18(19)24/h1-12,25H,13-14H2,(H,26,27). The molecule has 0 unspecified atom stereocenters. The van der Waals surface area contributed by atoms with Crippen molar-refractivity contribution >= 4 is 39.2 Å². The third-order valence-electron chi connectivity index (χ3n) is 4.25. The summed E-state index contributed by atoms with van der Waals surface area (Å²) < 4.78 is 46.2. The topological polar surface area (TPSA) is 102 Å². The van der Waals surface area contributed by atoms with Crippen LogP contribution in [0.3, 0.4) is 0 Å². The number of hydrogen-bond donors (Lipinski definition) is 2. The minimum absolute atomic E-state index is 0.0321. The number of ether oxygens (including phenoxy) is 1. The summed E-state index contributed by atoms with van der Waals surface area (Å²) in [5, 5.41) is 2.19. The first kappa shape index (κ1) is 23.4. The molecule has 166 valence electrons. The minimum Gasteiger partial charge on any atom is -0.452 e. The fraction of sp³-hybridized carbons (Fsp3) is 0.0909. The van der Waals surface area contributed by atoms with E-state index in [-0.39, 0.29) is 27.7 Å². The van der Waals surface area contributed by atoms with Gasteiger partial charge >= 0.3 is 5.97 Å². The molecule has 0 aliphatic rings. The Bertz CT molecular complexity index is 1240. The highest BCUT2D eigenvalue weighted by atomic mass is 35.5. The van der Waals surface area contributed by atoms with Gasteiger partial charge in [-0.25, -0.2) is 22.3 Å². The number of anilines is 1. The molecule has 3 rings (SSSR count). The van der Waals surface area contributed by atoms with Crippen LogP contribution in [0.5, 0.6) is 0 Å². The highest BCUT2D eigenvalue weighted by Crippen LogP contribution is 2.23. The van der Waals surface area contributed by atoms with Crippen LogP contribution in [0.4, 0.5) is 10.1 Å². The zero-order valence-electron chi connectivity index (χ0n) is 16.5. The Morgan fingerprint density at radius 2 is 1.66 bits per heavy atom. The highest BCUT2D eigenvalue weighted by Gasteiger charge is 2.21. The lowest BCUT2D eigenvalue weighted by Crippen LogP contribution is -2.24. The number of hydrogen-bond acceptors (Lipinski definition) is 5. The summed E-state index contributed by atoms with van der Waals surface area (Å²) in [6, 6.07) is 18.0. The lowest BCUT2D eigenvalue weighted by molar-refractivity contribution is -0.119. The second-order valence-corrected chi connectivity index (χ2v) is 8.70. The Kier molecular flexibility index (Phi) is 7.57. The SMILES string of the molecule is O=C(COC(=O)c1ccc(Cl)c(S(=O)(=O)NCc2ccccc2)c1)Nc1ccccc1F. The Labute approximate surface area is 189 Å². The van der Waals surface area contributed by atoms with Crippen molar-refractivity contribution in [2.75, 3.05) is 11.9 Å². The van der Waals surface area contributed by atoms with Crippen molar-refractivity contribution < 1.29 is 27.1 Å². The molecule has 0 radical (unpaired) electrons. The Hall–Kier alpha value is -3.27. The van der Waals surface area contributed by atoms with Gasteiger partial charge in [-0.05, 0) is 35.9 Å². The number of para-hydroxylation sites is 1. The van der Waals surface area contributed by atoms with E-state index in [1.165, 1.54) is 36.4 Å². The van der Waals surface area contributed by atoms with E-state index in [4.69, 9.17) is 16.3 Å². The Morgan fingerprint density at radius 1 is 0.969 bits per heavy atom. The second-order valence-electron chi connectivity index (χ2n) is 6.56. The quantitative estimate of drug-likeness (QED) is 0.482. The van der Waals surface area contributed by atoms with Gasteiger partial charge in [0, 0.05) is 6.54 Å². The van der Waals surface area contributed by atoms with Crippen LogP contribution in [0.1, 0.15) is 15.9 Å². The van der Waals surface area contributed by atoms with Gasteiger partial charge in [0.25, 0.3) is 5.91 Å². The largest absolute Gasteiger partial charge is 0.452 e. The molecule has 10 heteroatoms. The average Bonchev–Trinajstić information content (AvgIpc) is 2.78. The first-order valence-corrected chi connectivity index (χ1v) is 11.2. The van der Waals surface area contributed by atoms with Crippen molar-refractivity contribution in [1.29, 1.82) is 0 Å². The van der Waals surface area contributed by atoms with E-state index in [1.807, 2.05) is 0 Å². The van der Waals surface area contributed by atoms with Crippen molar-refractivity contribution in [3.63, 3.8) is 0 Å². The molecule has 0 saturated heterocycles. The number of sulfonamides is 1. The van der Waals surface area contributed by atoms with E-state index >= 15 is 0 Å². The monoisotopic (exact) mass is 476 g/mol. The van der Waals surface area contributed by atoms with Crippen molar-refractivity contribution in [2.24, 2.45) is 0 Å². The summed E-state index contributed by atoms with van der Waals surface area (Å²) in [7, 11) is -4.03. The molecule has 0 aliphatic carbocycles. The van der Waals surface area contributed by atoms with Gasteiger partial charge in [0.05, 0.1) is 16.3 Å². The number of benzene rings is 3. The number of amides is 1. The van der Waals surface area contributed by atoms with Crippen LogP contribution in [0.25, 0.3) is 0 Å². The summed E-state index contributed by atoms with van der Waals surface area (Å²) in [5.74, 6) is -2.33.